The van der Waals surface area contributed by atoms with Gasteiger partial charge in [-0.15, -0.1) is 0 Å². The number of halogens is 6. The smallest absolute Gasteiger partial charge is 0.416 e. The number of phenols is 1. The molecule has 2 amide bonds. The van der Waals surface area contributed by atoms with Crippen LogP contribution in [0.25, 0.3) is 11.6 Å². The van der Waals surface area contributed by atoms with Gasteiger partial charge in [-0.25, -0.2) is 4.90 Å². The lowest BCUT2D eigenvalue weighted by Gasteiger charge is -2.32. The van der Waals surface area contributed by atoms with Crippen LogP contribution in [-0.2, 0) is 26.7 Å². The number of ether oxygens (including phenoxy) is 1. The van der Waals surface area contributed by atoms with Gasteiger partial charge in [-0.2, -0.15) is 26.3 Å². The molecule has 1 aliphatic carbocycles. The second-order valence-corrected chi connectivity index (χ2v) is 12.5. The van der Waals surface area contributed by atoms with E-state index in [2.05, 4.69) is 0 Å². The van der Waals surface area contributed by atoms with Crippen molar-refractivity contribution in [1.29, 1.82) is 0 Å². The number of hydrogen-bond donors (Lipinski definition) is 1. The van der Waals surface area contributed by atoms with Gasteiger partial charge in [0.25, 0.3) is 0 Å². The molecule has 5 nitrogen and oxygen atoms in total. The molecule has 0 aromatic heterocycles. The number of fused-ring (bicyclic) bond motifs is 3. The van der Waals surface area contributed by atoms with Crippen molar-refractivity contribution in [3.05, 3.63) is 106 Å². The molecule has 2 aliphatic heterocycles. The second kappa shape index (κ2) is 12.9. The molecule has 0 saturated carbocycles. The Morgan fingerprint density at radius 2 is 1.54 bits per heavy atom. The number of carbonyl (C=O) groups excluding carboxylic acids is 2. The lowest BCUT2D eigenvalue weighted by Crippen LogP contribution is -2.34. The van der Waals surface area contributed by atoms with Crippen LogP contribution in [-0.4, -0.2) is 29.6 Å². The first-order chi connectivity index (χ1) is 22.8. The third-order valence-corrected chi connectivity index (χ3v) is 9.48. The number of nitrogens with zero attached hydrogens (tertiary/aromatic N) is 1. The van der Waals surface area contributed by atoms with Crippen molar-refractivity contribution in [1.82, 2.24) is 0 Å². The number of aromatic hydroxyl groups is 1. The first-order valence-electron chi connectivity index (χ1n) is 15.8. The van der Waals surface area contributed by atoms with E-state index < -0.39 is 64.8 Å². The summed E-state index contributed by atoms with van der Waals surface area (Å²) in [4.78, 5) is 28.1. The summed E-state index contributed by atoms with van der Waals surface area (Å²) in [6, 6.07) is 17.5. The third-order valence-electron chi connectivity index (χ3n) is 9.48. The maximum absolute atomic E-state index is 13.9. The predicted molar refractivity (Wildman–Crippen MR) is 167 cm³/mol. The molecule has 3 aliphatic rings. The molecule has 0 bridgehead atoms. The summed E-state index contributed by atoms with van der Waals surface area (Å²) in [5.41, 5.74) is 0.458. The van der Waals surface area contributed by atoms with E-state index in [0.717, 1.165) is 28.7 Å². The lowest BCUT2D eigenvalue weighted by atomic mass is 9.68. The van der Waals surface area contributed by atoms with Crippen LogP contribution in [0.15, 0.2) is 83.9 Å². The summed E-state index contributed by atoms with van der Waals surface area (Å²) in [5.74, 6) is -3.90. The number of imide groups is 1. The minimum Gasteiger partial charge on any atom is -0.507 e. The normalized spacial score (nSPS) is 23.1. The average Bonchev–Trinajstić information content (AvgIpc) is 3.57. The molecule has 2 saturated heterocycles. The van der Waals surface area contributed by atoms with Gasteiger partial charge in [0.15, 0.2) is 0 Å². The number of para-hydroxylation sites is 1. The fourth-order valence-corrected chi connectivity index (χ4v) is 7.37. The van der Waals surface area contributed by atoms with Crippen LogP contribution >= 0.6 is 0 Å². The average molecular weight is 670 g/mol. The number of hydrogen-bond acceptors (Lipinski definition) is 4. The summed E-state index contributed by atoms with van der Waals surface area (Å²) >= 11 is 0. The molecular weight excluding hydrogens is 636 g/mol. The Balaban J connectivity index is 1.31. The molecule has 11 heteroatoms. The summed E-state index contributed by atoms with van der Waals surface area (Å²) in [6.45, 7) is 2.07. The summed E-state index contributed by atoms with van der Waals surface area (Å²) < 4.78 is 88.2. The molecule has 48 heavy (non-hydrogen) atoms. The van der Waals surface area contributed by atoms with Gasteiger partial charge in [0.05, 0.1) is 41.4 Å². The molecule has 0 radical (unpaired) electrons. The van der Waals surface area contributed by atoms with Gasteiger partial charge in [-0.1, -0.05) is 67.4 Å². The van der Waals surface area contributed by atoms with Crippen LogP contribution in [0.5, 0.6) is 5.75 Å². The molecule has 0 spiro atoms. The molecule has 2 fully saturated rings. The quantitative estimate of drug-likeness (QED) is 0.113. The number of allylic oxidation sites excluding steroid dienone is 2. The largest absolute Gasteiger partial charge is 0.507 e. The van der Waals surface area contributed by atoms with Crippen molar-refractivity contribution in [2.24, 2.45) is 17.8 Å². The monoisotopic (exact) mass is 669 g/mol. The molecular formula is C37H33F6NO4. The van der Waals surface area contributed by atoms with E-state index in [9.17, 15) is 41.0 Å². The third kappa shape index (κ3) is 6.40. The van der Waals surface area contributed by atoms with E-state index in [-0.39, 0.29) is 24.8 Å². The molecule has 4 atom stereocenters. The number of carbonyl (C=O) groups is 2. The molecule has 1 N–H and O–H groups in total. The zero-order chi connectivity index (χ0) is 34.4. The molecule has 0 unspecified atom stereocenters. The van der Waals surface area contributed by atoms with E-state index in [4.69, 9.17) is 4.74 Å². The Hall–Kier alpha value is -4.38. The Morgan fingerprint density at radius 1 is 0.896 bits per heavy atom. The number of rotatable bonds is 8. The van der Waals surface area contributed by atoms with Crippen molar-refractivity contribution >= 4 is 29.2 Å². The first-order valence-corrected chi connectivity index (χ1v) is 15.8. The maximum Gasteiger partial charge on any atom is 0.416 e. The van der Waals surface area contributed by atoms with E-state index in [1.807, 2.05) is 49.4 Å². The van der Waals surface area contributed by atoms with Crippen LogP contribution in [0.1, 0.15) is 61.3 Å². The topological polar surface area (TPSA) is 66.8 Å². The van der Waals surface area contributed by atoms with Gasteiger partial charge in [-0.05, 0) is 72.7 Å². The first kappa shape index (κ1) is 33.5. The fraction of sp³-hybridized carbons (Fsp3) is 0.351. The van der Waals surface area contributed by atoms with E-state index in [1.165, 1.54) is 0 Å². The Labute approximate surface area is 273 Å². The molecule has 6 rings (SSSR count). The highest BCUT2D eigenvalue weighted by Gasteiger charge is 2.57. The zero-order valence-electron chi connectivity index (χ0n) is 25.9. The number of alkyl halides is 6. The van der Waals surface area contributed by atoms with Crippen molar-refractivity contribution in [3.8, 4) is 5.75 Å². The standard InChI is InChI=1S/C37H33F6NO4/c1-2-8-24-16-28-33(35(47)44(34(28)46)27-18-25(36(38,39)40)17-26(19-27)37(41,42)43)29-20-48-31(32(24)29)14-13-22(21-9-4-3-5-10-21)15-23-11-6-7-12-30(23)45/h3-7,9-12,15,17-19,28-29,31,33,45H,2,8,13-14,16,20H2,1H3/b22-15-/t28-,29+,31-,33-/m1/s1. The van der Waals surface area contributed by atoms with Gasteiger partial charge >= 0.3 is 12.4 Å². The van der Waals surface area contributed by atoms with Crippen molar-refractivity contribution in [2.75, 3.05) is 11.5 Å². The van der Waals surface area contributed by atoms with Crippen LogP contribution in [0.2, 0.25) is 0 Å². The molecule has 252 valence electrons. The van der Waals surface area contributed by atoms with Gasteiger partial charge < -0.3 is 9.84 Å². The molecule has 3 aromatic carbocycles. The lowest BCUT2D eigenvalue weighted by molar-refractivity contribution is -0.143. The second-order valence-electron chi connectivity index (χ2n) is 12.5. The highest BCUT2D eigenvalue weighted by atomic mass is 19.4. The zero-order valence-corrected chi connectivity index (χ0v) is 25.9. The van der Waals surface area contributed by atoms with E-state index in [1.54, 1.807) is 18.2 Å². The van der Waals surface area contributed by atoms with Gasteiger partial charge in [-0.3, -0.25) is 9.59 Å². The number of benzene rings is 3. The number of amides is 2. The number of anilines is 1. The Kier molecular flexibility index (Phi) is 9.02. The minimum absolute atomic E-state index is 0.0205. The molecule has 2 heterocycles. The van der Waals surface area contributed by atoms with Crippen LogP contribution in [0.3, 0.4) is 0 Å². The summed E-state index contributed by atoms with van der Waals surface area (Å²) in [5, 5.41) is 10.4. The van der Waals surface area contributed by atoms with Crippen LogP contribution in [0.4, 0.5) is 32.0 Å². The Bertz CT molecular complexity index is 1750. The SMILES string of the molecule is CCCC1=C2[C@@H](CC/C(=C/c3ccccc3O)c3ccccc3)OC[C@@H]2[C@@H]2C(=O)N(c3cc(C(F)(F)F)cc(C(F)(F)F)c3)C(=O)[C@@H]2C1. The highest BCUT2D eigenvalue weighted by molar-refractivity contribution is 6.22. The minimum atomic E-state index is -5.13. The summed E-state index contributed by atoms with van der Waals surface area (Å²) in [7, 11) is 0. The maximum atomic E-state index is 13.9. The van der Waals surface area contributed by atoms with Crippen molar-refractivity contribution < 1.29 is 45.8 Å². The van der Waals surface area contributed by atoms with Gasteiger partial charge in [0.1, 0.15) is 5.75 Å². The number of phenolic OH excluding ortho intramolecular Hbond substituents is 1. The Morgan fingerprint density at radius 3 is 2.17 bits per heavy atom. The van der Waals surface area contributed by atoms with Crippen LogP contribution in [0, 0.1) is 17.8 Å². The summed E-state index contributed by atoms with van der Waals surface area (Å²) in [6.07, 6.45) is -6.19. The van der Waals surface area contributed by atoms with E-state index in [0.29, 0.717) is 41.9 Å². The predicted octanol–water partition coefficient (Wildman–Crippen LogP) is 9.07. The van der Waals surface area contributed by atoms with Crippen molar-refractivity contribution in [3.63, 3.8) is 0 Å². The van der Waals surface area contributed by atoms with Crippen LogP contribution < -0.4 is 4.90 Å². The van der Waals surface area contributed by atoms with E-state index >= 15 is 0 Å². The molecule has 3 aromatic rings. The van der Waals surface area contributed by atoms with Gasteiger partial charge in [0, 0.05) is 11.5 Å². The fourth-order valence-electron chi connectivity index (χ4n) is 7.37. The van der Waals surface area contributed by atoms with Crippen molar-refractivity contribution in [2.45, 2.75) is 57.5 Å². The highest BCUT2D eigenvalue weighted by Crippen LogP contribution is 2.52. The van der Waals surface area contributed by atoms with Gasteiger partial charge in [0.2, 0.25) is 11.8 Å².